The molecule has 178 valence electrons. The van der Waals surface area contributed by atoms with Gasteiger partial charge in [0, 0.05) is 24.2 Å². The van der Waals surface area contributed by atoms with E-state index in [1.54, 1.807) is 26.2 Å². The van der Waals surface area contributed by atoms with Gasteiger partial charge in [0.25, 0.3) is 5.91 Å². The number of hydrogen-bond acceptors (Lipinski definition) is 6. The zero-order chi connectivity index (χ0) is 24.9. The minimum absolute atomic E-state index is 0.0630. The summed E-state index contributed by atoms with van der Waals surface area (Å²) in [5.41, 5.74) is 2.11. The van der Waals surface area contributed by atoms with Gasteiger partial charge in [-0.25, -0.2) is 18.7 Å². The normalized spacial score (nSPS) is 15.7. The van der Waals surface area contributed by atoms with Crippen LogP contribution in [0.4, 0.5) is 14.6 Å². The fourth-order valence-electron chi connectivity index (χ4n) is 3.76. The quantitative estimate of drug-likeness (QED) is 0.491. The van der Waals surface area contributed by atoms with Gasteiger partial charge < -0.3 is 20.6 Å². The molecule has 1 aliphatic rings. The van der Waals surface area contributed by atoms with Crippen molar-refractivity contribution >= 4 is 22.6 Å². The molecule has 1 amide bonds. The molecule has 9 heteroatoms. The van der Waals surface area contributed by atoms with E-state index in [0.29, 0.717) is 11.4 Å². The van der Waals surface area contributed by atoms with E-state index >= 15 is 0 Å². The molecule has 3 N–H and O–H groups in total. The van der Waals surface area contributed by atoms with E-state index in [0.717, 1.165) is 28.6 Å². The van der Waals surface area contributed by atoms with Gasteiger partial charge in [0.15, 0.2) is 17.9 Å². The Morgan fingerprint density at radius 3 is 2.80 bits per heavy atom. The van der Waals surface area contributed by atoms with Crippen LogP contribution in [-0.4, -0.2) is 45.7 Å². The summed E-state index contributed by atoms with van der Waals surface area (Å²) in [6, 6.07) is 8.59. The molecule has 0 bridgehead atoms. The number of nitrogens with zero attached hydrogens (tertiary/aromatic N) is 3. The number of aliphatic hydroxyl groups is 1. The summed E-state index contributed by atoms with van der Waals surface area (Å²) < 4.78 is 26.9. The first-order valence-electron chi connectivity index (χ1n) is 10.9. The Bertz CT molecular complexity index is 1390. The van der Waals surface area contributed by atoms with Gasteiger partial charge in [0.05, 0.1) is 23.7 Å². The summed E-state index contributed by atoms with van der Waals surface area (Å²) in [4.78, 5) is 22.6. The minimum Gasteiger partial charge on any atom is -0.373 e. The van der Waals surface area contributed by atoms with Crippen molar-refractivity contribution in [1.82, 2.24) is 20.2 Å². The highest BCUT2D eigenvalue weighted by atomic mass is 19.2. The minimum atomic E-state index is -1.27. The maximum atomic E-state index is 13.6. The summed E-state index contributed by atoms with van der Waals surface area (Å²) in [5, 5.41) is 17.3. The van der Waals surface area contributed by atoms with Gasteiger partial charge in [0.1, 0.15) is 12.1 Å². The fraction of sp³-hybridized carbons (Fsp3) is 0.192. The summed E-state index contributed by atoms with van der Waals surface area (Å²) in [7, 11) is 1.78. The SMILES string of the molecule is CNc1ncnc2ccc(C#CCNC(=O)C3=CC=CN(C(C)c4ccc(F)c(F)c4)C3O)cc12. The lowest BCUT2D eigenvalue weighted by molar-refractivity contribution is -0.119. The van der Waals surface area contributed by atoms with E-state index in [2.05, 4.69) is 32.4 Å². The smallest absolute Gasteiger partial charge is 0.252 e. The van der Waals surface area contributed by atoms with Crippen LogP contribution in [0.1, 0.15) is 24.1 Å². The molecule has 0 saturated carbocycles. The Morgan fingerprint density at radius 1 is 1.20 bits per heavy atom. The number of carbonyl (C=O) groups excluding carboxylic acids is 1. The molecule has 1 aromatic heterocycles. The number of halogens is 2. The molecule has 0 saturated heterocycles. The van der Waals surface area contributed by atoms with Gasteiger partial charge in [-0.05, 0) is 55.0 Å². The number of fused-ring (bicyclic) bond motifs is 1. The Labute approximate surface area is 201 Å². The van der Waals surface area contributed by atoms with Gasteiger partial charge in [-0.3, -0.25) is 4.79 Å². The predicted octanol–water partition coefficient (Wildman–Crippen LogP) is 3.25. The molecule has 3 aromatic rings. The van der Waals surface area contributed by atoms with E-state index in [-0.39, 0.29) is 12.1 Å². The summed E-state index contributed by atoms with van der Waals surface area (Å²) >= 11 is 0. The highest BCUT2D eigenvalue weighted by Gasteiger charge is 2.29. The molecule has 0 radical (unpaired) electrons. The van der Waals surface area contributed by atoms with Crippen molar-refractivity contribution in [3.63, 3.8) is 0 Å². The third kappa shape index (κ3) is 5.13. The first-order valence-corrected chi connectivity index (χ1v) is 10.9. The molecule has 0 fully saturated rings. The van der Waals surface area contributed by atoms with Crippen LogP contribution in [-0.2, 0) is 4.79 Å². The first-order chi connectivity index (χ1) is 16.9. The Balaban J connectivity index is 1.40. The predicted molar refractivity (Wildman–Crippen MR) is 129 cm³/mol. The van der Waals surface area contributed by atoms with Crippen LogP contribution in [0.25, 0.3) is 10.9 Å². The fourth-order valence-corrected chi connectivity index (χ4v) is 3.76. The number of hydrogen-bond donors (Lipinski definition) is 3. The molecular formula is C26H23F2N5O2. The monoisotopic (exact) mass is 475 g/mol. The van der Waals surface area contributed by atoms with Crippen molar-refractivity contribution in [2.45, 2.75) is 19.2 Å². The Kier molecular flexibility index (Phi) is 7.03. The number of anilines is 1. The molecule has 2 heterocycles. The molecule has 2 atom stereocenters. The van der Waals surface area contributed by atoms with E-state index < -0.39 is 29.8 Å². The number of benzene rings is 2. The van der Waals surface area contributed by atoms with Crippen molar-refractivity contribution in [2.75, 3.05) is 18.9 Å². The average molecular weight is 475 g/mol. The van der Waals surface area contributed by atoms with E-state index in [1.807, 2.05) is 18.2 Å². The third-order valence-corrected chi connectivity index (χ3v) is 5.67. The third-order valence-electron chi connectivity index (χ3n) is 5.67. The van der Waals surface area contributed by atoms with Crippen molar-refractivity contribution < 1.29 is 18.7 Å². The highest BCUT2D eigenvalue weighted by Crippen LogP contribution is 2.28. The lowest BCUT2D eigenvalue weighted by Gasteiger charge is -2.35. The molecule has 0 aliphatic carbocycles. The van der Waals surface area contributed by atoms with Crippen LogP contribution >= 0.6 is 0 Å². The number of aliphatic hydroxyl groups excluding tert-OH is 1. The van der Waals surface area contributed by atoms with Crippen LogP contribution in [0.5, 0.6) is 0 Å². The molecule has 0 spiro atoms. The second-order valence-corrected chi connectivity index (χ2v) is 7.82. The van der Waals surface area contributed by atoms with Crippen LogP contribution in [0.2, 0.25) is 0 Å². The first kappa shape index (κ1) is 23.9. The van der Waals surface area contributed by atoms with Gasteiger partial charge in [-0.2, -0.15) is 0 Å². The molecular weight excluding hydrogens is 452 g/mol. The zero-order valence-electron chi connectivity index (χ0n) is 19.1. The number of aromatic nitrogens is 2. The van der Waals surface area contributed by atoms with Gasteiger partial charge in [-0.1, -0.05) is 17.9 Å². The average Bonchev–Trinajstić information content (AvgIpc) is 2.87. The largest absolute Gasteiger partial charge is 0.373 e. The summed E-state index contributed by atoms with van der Waals surface area (Å²) in [6.45, 7) is 1.79. The lowest BCUT2D eigenvalue weighted by Crippen LogP contribution is -2.41. The summed E-state index contributed by atoms with van der Waals surface area (Å²) in [6.07, 6.45) is 4.93. The van der Waals surface area contributed by atoms with Crippen molar-refractivity contribution in [3.05, 3.63) is 89.4 Å². The number of allylic oxidation sites excluding steroid dienone is 2. The van der Waals surface area contributed by atoms with Crippen LogP contribution in [0.15, 0.2) is 66.7 Å². The molecule has 1 aliphatic heterocycles. The maximum Gasteiger partial charge on any atom is 0.252 e. The number of amides is 1. The van der Waals surface area contributed by atoms with Gasteiger partial charge in [-0.15, -0.1) is 0 Å². The van der Waals surface area contributed by atoms with Crippen molar-refractivity contribution in [2.24, 2.45) is 0 Å². The van der Waals surface area contributed by atoms with Gasteiger partial charge >= 0.3 is 0 Å². The maximum absolute atomic E-state index is 13.6. The molecule has 2 unspecified atom stereocenters. The second-order valence-electron chi connectivity index (χ2n) is 7.82. The molecule has 7 nitrogen and oxygen atoms in total. The van der Waals surface area contributed by atoms with Gasteiger partial charge in [0.2, 0.25) is 0 Å². The van der Waals surface area contributed by atoms with Crippen LogP contribution in [0, 0.1) is 23.5 Å². The Morgan fingerprint density at radius 2 is 2.03 bits per heavy atom. The molecule has 2 aromatic carbocycles. The van der Waals surface area contributed by atoms with E-state index in [4.69, 9.17) is 0 Å². The second kappa shape index (κ2) is 10.3. The number of carbonyl (C=O) groups is 1. The van der Waals surface area contributed by atoms with Crippen LogP contribution < -0.4 is 10.6 Å². The molecule has 35 heavy (non-hydrogen) atoms. The standard InChI is InChI=1S/C26H23F2N5O2/c1-16(18-8-9-21(27)22(28)14-18)33-12-4-6-19(26(33)35)25(34)30-11-3-5-17-7-10-23-20(13-17)24(29-2)32-15-31-23/h4,6-10,12-16,26,35H,11H2,1-2H3,(H,30,34)(H,29,31,32). The number of nitrogens with one attached hydrogen (secondary N) is 2. The highest BCUT2D eigenvalue weighted by molar-refractivity contribution is 5.95. The zero-order valence-corrected chi connectivity index (χ0v) is 19.1. The van der Waals surface area contributed by atoms with E-state index in [9.17, 15) is 18.7 Å². The molecule has 4 rings (SSSR count). The lowest BCUT2D eigenvalue weighted by atomic mass is 10.0. The topological polar surface area (TPSA) is 90.4 Å². The van der Waals surface area contributed by atoms with Crippen molar-refractivity contribution in [3.8, 4) is 11.8 Å². The van der Waals surface area contributed by atoms with Crippen molar-refractivity contribution in [1.29, 1.82) is 0 Å². The Hall–Kier alpha value is -4.29. The van der Waals surface area contributed by atoms with Crippen LogP contribution in [0.3, 0.4) is 0 Å². The number of rotatable bonds is 5. The van der Waals surface area contributed by atoms with E-state index in [1.165, 1.54) is 23.4 Å². The summed E-state index contributed by atoms with van der Waals surface area (Å²) in [5.74, 6) is 4.18.